The van der Waals surface area contributed by atoms with E-state index < -0.39 is 29.4 Å². The van der Waals surface area contributed by atoms with Crippen LogP contribution in [-0.4, -0.2) is 112 Å². The van der Waals surface area contributed by atoms with E-state index in [2.05, 4.69) is 50.1 Å². The number of aryl methyl sites for hydroxylation is 3. The molecule has 4 aliphatic heterocycles. The molecule has 1 saturated carbocycles. The number of hydrogen-bond acceptors (Lipinski definition) is 11. The Morgan fingerprint density at radius 2 is 1.65 bits per heavy atom. The molecule has 15 nitrogen and oxygen atoms in total. The van der Waals surface area contributed by atoms with Crippen LogP contribution in [0.4, 0.5) is 26.1 Å². The summed E-state index contributed by atoms with van der Waals surface area (Å²) in [5.74, 6) is -1.93. The number of rotatable bonds is 7. The summed E-state index contributed by atoms with van der Waals surface area (Å²) in [6.07, 6.45) is 5.55. The molecule has 4 atom stereocenters. The van der Waals surface area contributed by atoms with Gasteiger partial charge in [-0.25, -0.2) is 18.4 Å². The van der Waals surface area contributed by atoms with Crippen LogP contribution in [0, 0.1) is 30.4 Å². The maximum atomic E-state index is 15.5. The third-order valence-electron chi connectivity index (χ3n) is 14.6. The SMILES string of the molecule is CCc1nn(C)c2c1-c1cc(cc(C)n1)C(=O)Nc1nc3ccc(N4CCN(C5CCN(c6cc(F)c([C@H]7CCC(=O)NC7=O)c(F)c6)CC5)[C@@H](COC)C4)cc3n1C[C@@H]1CC[C@H](CO2)C1. The molecule has 0 spiro atoms. The number of aromatic nitrogens is 5. The third kappa shape index (κ3) is 8.39. The van der Waals surface area contributed by atoms with E-state index in [0.29, 0.717) is 79.9 Å². The Balaban J connectivity index is 0.866. The summed E-state index contributed by atoms with van der Waals surface area (Å²) >= 11 is 0. The summed E-state index contributed by atoms with van der Waals surface area (Å²) in [7, 11) is 3.64. The van der Waals surface area contributed by atoms with Crippen LogP contribution >= 0.6 is 0 Å². The normalized spacial score (nSPS) is 23.2. The molecule has 3 amide bonds. The fourth-order valence-corrected chi connectivity index (χ4v) is 11.3. The number of methoxy groups -OCH3 is 1. The summed E-state index contributed by atoms with van der Waals surface area (Å²) < 4.78 is 47.3. The molecule has 348 valence electrons. The number of nitrogens with one attached hydrogen (secondary N) is 2. The number of carbonyl (C=O) groups is 3. The molecule has 4 fully saturated rings. The van der Waals surface area contributed by atoms with Gasteiger partial charge in [0.2, 0.25) is 23.6 Å². The largest absolute Gasteiger partial charge is 0.477 e. The standard InChI is InChI=1S/C49H58F2N10O5/c1-5-39-45-41-20-31(18-28(2)52-41)46(63)55-49-53-40-10-8-33(23-42(40)61(49)24-29-6-7-30(19-29)26-66-48(45)57(3)56-39)59-16-17-60(35(25-59)27-65-4)32-12-14-58(15-13-32)34-21-37(50)44(38(51)22-34)36-9-11-43(62)54-47(36)64/h8,10,18,20-23,29-30,32,35-36H,5-7,9,11-17,19,24-27H2,1-4H3,(H,53,55,63)(H,54,62,64)/t29-,30+,35-,36-/m1/s1. The van der Waals surface area contributed by atoms with Crippen molar-refractivity contribution in [1.29, 1.82) is 0 Å². The van der Waals surface area contributed by atoms with Crippen molar-refractivity contribution in [2.75, 3.05) is 68.2 Å². The summed E-state index contributed by atoms with van der Waals surface area (Å²) in [5.41, 5.74) is 6.64. The van der Waals surface area contributed by atoms with Crippen LogP contribution in [-0.2, 0) is 34.3 Å². The van der Waals surface area contributed by atoms with Crippen LogP contribution in [0.5, 0.6) is 5.88 Å². The zero-order valence-electron chi connectivity index (χ0n) is 38.1. The smallest absolute Gasteiger partial charge is 0.258 e. The van der Waals surface area contributed by atoms with Crippen molar-refractivity contribution in [2.24, 2.45) is 18.9 Å². The van der Waals surface area contributed by atoms with E-state index in [9.17, 15) is 14.4 Å². The lowest BCUT2D eigenvalue weighted by molar-refractivity contribution is -0.134. The maximum absolute atomic E-state index is 15.5. The first kappa shape index (κ1) is 43.9. The van der Waals surface area contributed by atoms with Gasteiger partial charge in [-0.15, -0.1) is 0 Å². The number of piperazine rings is 1. The van der Waals surface area contributed by atoms with Gasteiger partial charge in [0.1, 0.15) is 11.6 Å². The Hall–Kier alpha value is -5.94. The van der Waals surface area contributed by atoms with Crippen LogP contribution in [0.3, 0.4) is 0 Å². The quantitative estimate of drug-likeness (QED) is 0.176. The van der Waals surface area contributed by atoms with E-state index >= 15 is 8.78 Å². The number of imidazole rings is 1. The molecule has 5 aromatic rings. The van der Waals surface area contributed by atoms with Gasteiger partial charge in [-0.1, -0.05) is 6.92 Å². The summed E-state index contributed by atoms with van der Waals surface area (Å²) in [4.78, 5) is 55.1. The van der Waals surface area contributed by atoms with Gasteiger partial charge in [0.25, 0.3) is 5.91 Å². The predicted octanol–water partition coefficient (Wildman–Crippen LogP) is 6.37. The number of piperidine rings is 2. The zero-order chi connectivity index (χ0) is 45.8. The number of benzene rings is 2. The van der Waals surface area contributed by atoms with E-state index in [-0.39, 0.29) is 36.4 Å². The fraction of sp³-hybridized carbons (Fsp3) is 0.510. The molecule has 0 unspecified atom stereocenters. The minimum Gasteiger partial charge on any atom is -0.477 e. The van der Waals surface area contributed by atoms with Gasteiger partial charge in [0.15, 0.2) is 0 Å². The Kier molecular flexibility index (Phi) is 12.0. The van der Waals surface area contributed by atoms with E-state index in [0.717, 1.165) is 85.4 Å². The average molecular weight is 905 g/mol. The molecule has 3 saturated heterocycles. The van der Waals surface area contributed by atoms with Gasteiger partial charge in [-0.3, -0.25) is 34.9 Å². The molecule has 4 bridgehead atoms. The van der Waals surface area contributed by atoms with Crippen molar-refractivity contribution in [3.05, 3.63) is 76.6 Å². The van der Waals surface area contributed by atoms with E-state index in [1.807, 2.05) is 24.9 Å². The monoisotopic (exact) mass is 904 g/mol. The van der Waals surface area contributed by atoms with E-state index in [1.165, 1.54) is 12.1 Å². The summed E-state index contributed by atoms with van der Waals surface area (Å²) in [5, 5.41) is 10.2. The number of ether oxygens (including phenoxy) is 2. The second kappa shape index (κ2) is 18.0. The van der Waals surface area contributed by atoms with Crippen LogP contribution in [0.15, 0.2) is 42.5 Å². The van der Waals surface area contributed by atoms with Gasteiger partial charge in [0, 0.05) is 94.1 Å². The number of halogens is 2. The van der Waals surface area contributed by atoms with E-state index in [1.54, 1.807) is 17.9 Å². The van der Waals surface area contributed by atoms with Crippen molar-refractivity contribution in [1.82, 2.24) is 34.5 Å². The van der Waals surface area contributed by atoms with Gasteiger partial charge < -0.3 is 23.8 Å². The number of imide groups is 1. The predicted molar refractivity (Wildman–Crippen MR) is 246 cm³/mol. The molecular formula is C49H58F2N10O5. The second-order valence-electron chi connectivity index (χ2n) is 18.9. The Morgan fingerprint density at radius 3 is 2.41 bits per heavy atom. The minimum absolute atomic E-state index is 0.0484. The molecule has 1 aliphatic carbocycles. The van der Waals surface area contributed by atoms with Crippen molar-refractivity contribution in [3.63, 3.8) is 0 Å². The number of pyridine rings is 1. The first-order valence-corrected chi connectivity index (χ1v) is 23.5. The first-order chi connectivity index (χ1) is 31.9. The number of fused-ring (bicyclic) bond motifs is 9. The zero-order valence-corrected chi connectivity index (χ0v) is 38.1. The van der Waals surface area contributed by atoms with Crippen LogP contribution < -0.4 is 25.2 Å². The number of hydrogen-bond donors (Lipinski definition) is 2. The van der Waals surface area contributed by atoms with Gasteiger partial charge >= 0.3 is 0 Å². The minimum atomic E-state index is -1.03. The highest BCUT2D eigenvalue weighted by molar-refractivity contribution is 6.05. The molecule has 10 rings (SSSR count). The van der Waals surface area contributed by atoms with Crippen molar-refractivity contribution in [3.8, 4) is 17.1 Å². The van der Waals surface area contributed by atoms with Crippen LogP contribution in [0.1, 0.15) is 85.1 Å². The molecule has 2 aromatic carbocycles. The van der Waals surface area contributed by atoms with Crippen molar-refractivity contribution >= 4 is 46.1 Å². The average Bonchev–Trinajstić information content (AvgIpc) is 3.99. The number of anilines is 3. The number of nitrogens with zero attached hydrogens (tertiary/aromatic N) is 8. The first-order valence-electron chi connectivity index (χ1n) is 23.5. The van der Waals surface area contributed by atoms with Crippen molar-refractivity contribution < 1.29 is 32.6 Å². The molecule has 5 aliphatic rings. The molecule has 3 aromatic heterocycles. The van der Waals surface area contributed by atoms with Gasteiger partial charge in [-0.05, 0) is 106 Å². The maximum Gasteiger partial charge on any atom is 0.258 e. The Labute approximate surface area is 382 Å². The van der Waals surface area contributed by atoms with Gasteiger partial charge in [-0.2, -0.15) is 5.10 Å². The lowest BCUT2D eigenvalue weighted by atomic mass is 9.89. The highest BCUT2D eigenvalue weighted by atomic mass is 19.1. The molecular weight excluding hydrogens is 847 g/mol. The summed E-state index contributed by atoms with van der Waals surface area (Å²) in [6.45, 7) is 9.44. The molecule has 0 radical (unpaired) electrons. The third-order valence-corrected chi connectivity index (χ3v) is 14.6. The van der Waals surface area contributed by atoms with Gasteiger partial charge in [0.05, 0.1) is 53.2 Å². The van der Waals surface area contributed by atoms with Crippen LogP contribution in [0.25, 0.3) is 22.3 Å². The number of carbonyl (C=O) groups excluding carboxylic acids is 3. The summed E-state index contributed by atoms with van der Waals surface area (Å²) in [6, 6.07) is 13.1. The highest BCUT2D eigenvalue weighted by Gasteiger charge is 2.37. The van der Waals surface area contributed by atoms with Crippen molar-refractivity contribution in [2.45, 2.75) is 89.8 Å². The molecule has 7 heterocycles. The lowest BCUT2D eigenvalue weighted by Gasteiger charge is -2.48. The Morgan fingerprint density at radius 1 is 0.864 bits per heavy atom. The molecule has 17 heteroatoms. The molecule has 2 N–H and O–H groups in total. The highest BCUT2D eigenvalue weighted by Crippen LogP contribution is 2.39. The Bertz CT molecular complexity index is 2670. The topological polar surface area (TPSA) is 152 Å². The molecule has 66 heavy (non-hydrogen) atoms. The van der Waals surface area contributed by atoms with Crippen LogP contribution in [0.2, 0.25) is 0 Å². The number of amides is 3. The van der Waals surface area contributed by atoms with E-state index in [4.69, 9.17) is 24.5 Å². The lowest BCUT2D eigenvalue weighted by Crippen LogP contribution is -2.60. The fourth-order valence-electron chi connectivity index (χ4n) is 11.3. The second-order valence-corrected chi connectivity index (χ2v) is 18.9.